The Bertz CT molecular complexity index is 1100. The molecule has 9 heteroatoms. The number of benzene rings is 1. The van der Waals surface area contributed by atoms with E-state index in [4.69, 9.17) is 4.74 Å². The maximum atomic E-state index is 12.9. The van der Waals surface area contributed by atoms with Gasteiger partial charge in [-0.25, -0.2) is 4.98 Å². The number of nitrogens with zero attached hydrogens (tertiary/aromatic N) is 4. The molecule has 0 radical (unpaired) electrons. The predicted octanol–water partition coefficient (Wildman–Crippen LogP) is 3.39. The first kappa shape index (κ1) is 20.8. The van der Waals surface area contributed by atoms with Crippen molar-refractivity contribution in [2.75, 3.05) is 36.9 Å². The van der Waals surface area contributed by atoms with Crippen LogP contribution >= 0.6 is 0 Å². The normalized spacial score (nSPS) is 13.9. The highest BCUT2D eigenvalue weighted by atomic mass is 16.5. The number of aromatic nitrogens is 4. The minimum absolute atomic E-state index is 0.0443. The van der Waals surface area contributed by atoms with Crippen molar-refractivity contribution in [3.63, 3.8) is 0 Å². The molecular weight excluding hydrogens is 394 g/mol. The Labute approximate surface area is 181 Å². The quantitative estimate of drug-likeness (QED) is 0.579. The standard InChI is InChI=1S/C22H27N7O2/c1-13-10-18(14(2)9-17(13)21(30)29-5-7-31-8-6-29)24-22-23-12-15(3)20(26-22)25-19-11-16(4)27-28-19/h9-12H,5-8H2,1-4H3,(H3,23,24,25,26,27,28). The Balaban J connectivity index is 1.54. The van der Waals surface area contributed by atoms with Gasteiger partial charge in [-0.05, 0) is 51.0 Å². The van der Waals surface area contributed by atoms with Crippen molar-refractivity contribution >= 4 is 29.2 Å². The number of aromatic amines is 1. The smallest absolute Gasteiger partial charge is 0.254 e. The van der Waals surface area contributed by atoms with Crippen molar-refractivity contribution in [3.8, 4) is 0 Å². The summed E-state index contributed by atoms with van der Waals surface area (Å²) >= 11 is 0. The van der Waals surface area contributed by atoms with Gasteiger partial charge in [-0.2, -0.15) is 10.1 Å². The van der Waals surface area contributed by atoms with Crippen LogP contribution in [0.4, 0.5) is 23.3 Å². The van der Waals surface area contributed by atoms with E-state index < -0.39 is 0 Å². The number of carbonyl (C=O) groups excluding carboxylic acids is 1. The molecule has 3 aromatic rings. The molecular formula is C22H27N7O2. The van der Waals surface area contributed by atoms with Crippen molar-refractivity contribution in [2.45, 2.75) is 27.7 Å². The Hall–Kier alpha value is -3.46. The highest BCUT2D eigenvalue weighted by Crippen LogP contribution is 2.26. The van der Waals surface area contributed by atoms with Crippen LogP contribution in [0.5, 0.6) is 0 Å². The first-order valence-electron chi connectivity index (χ1n) is 10.3. The minimum atomic E-state index is 0.0443. The Morgan fingerprint density at radius 3 is 2.52 bits per heavy atom. The fourth-order valence-corrected chi connectivity index (χ4v) is 3.47. The Morgan fingerprint density at radius 1 is 1.03 bits per heavy atom. The molecule has 1 fully saturated rings. The predicted molar refractivity (Wildman–Crippen MR) is 119 cm³/mol. The molecule has 3 N–H and O–H groups in total. The van der Waals surface area contributed by atoms with Crippen molar-refractivity contribution in [2.24, 2.45) is 0 Å². The van der Waals surface area contributed by atoms with Gasteiger partial charge in [-0.1, -0.05) is 0 Å². The van der Waals surface area contributed by atoms with Crippen LogP contribution in [0.25, 0.3) is 0 Å². The summed E-state index contributed by atoms with van der Waals surface area (Å²) in [4.78, 5) is 23.8. The average Bonchev–Trinajstić information content (AvgIpc) is 3.17. The summed E-state index contributed by atoms with van der Waals surface area (Å²) in [6.45, 7) is 10.2. The molecule has 0 unspecified atom stereocenters. The van der Waals surface area contributed by atoms with Crippen LogP contribution < -0.4 is 10.6 Å². The number of H-pyrrole nitrogens is 1. The van der Waals surface area contributed by atoms with Gasteiger partial charge >= 0.3 is 0 Å². The minimum Gasteiger partial charge on any atom is -0.378 e. The average molecular weight is 422 g/mol. The maximum absolute atomic E-state index is 12.9. The van der Waals surface area contributed by atoms with Gasteiger partial charge in [0.1, 0.15) is 5.82 Å². The third-order valence-electron chi connectivity index (χ3n) is 5.27. The molecule has 0 bridgehead atoms. The zero-order valence-electron chi connectivity index (χ0n) is 18.2. The van der Waals surface area contributed by atoms with Crippen LogP contribution in [-0.4, -0.2) is 57.3 Å². The Kier molecular flexibility index (Phi) is 5.85. The van der Waals surface area contributed by atoms with E-state index in [9.17, 15) is 4.79 Å². The lowest BCUT2D eigenvalue weighted by atomic mass is 10.0. The lowest BCUT2D eigenvalue weighted by molar-refractivity contribution is 0.0302. The molecule has 0 atom stereocenters. The molecule has 2 aromatic heterocycles. The van der Waals surface area contributed by atoms with Gasteiger partial charge in [0.15, 0.2) is 5.82 Å². The molecule has 4 rings (SSSR count). The molecule has 0 saturated carbocycles. The van der Waals surface area contributed by atoms with E-state index in [1.807, 2.05) is 50.8 Å². The second kappa shape index (κ2) is 8.73. The summed E-state index contributed by atoms with van der Waals surface area (Å²) in [7, 11) is 0. The third kappa shape index (κ3) is 4.66. The number of rotatable bonds is 5. The number of morpholine rings is 1. The topological polar surface area (TPSA) is 108 Å². The van der Waals surface area contributed by atoms with Crippen LogP contribution in [-0.2, 0) is 4.74 Å². The largest absolute Gasteiger partial charge is 0.378 e. The van der Waals surface area contributed by atoms with Crippen LogP contribution in [0.3, 0.4) is 0 Å². The molecule has 162 valence electrons. The second-order valence-electron chi connectivity index (χ2n) is 7.80. The van der Waals surface area contributed by atoms with Crippen molar-refractivity contribution < 1.29 is 9.53 Å². The van der Waals surface area contributed by atoms with Crippen LogP contribution in [0, 0.1) is 27.7 Å². The number of hydrogen-bond donors (Lipinski definition) is 3. The summed E-state index contributed by atoms with van der Waals surface area (Å²) in [5.74, 6) is 1.89. The molecule has 1 amide bonds. The van der Waals surface area contributed by atoms with Gasteiger partial charge in [0, 0.05) is 47.9 Å². The number of amides is 1. The number of aryl methyl sites for hydroxylation is 4. The van der Waals surface area contributed by atoms with Crippen LogP contribution in [0.2, 0.25) is 0 Å². The SMILES string of the molecule is Cc1cc(Nc2nc(Nc3cc(C)c(C(=O)N4CCOCC4)cc3C)ncc2C)n[nH]1. The number of ether oxygens (including phenoxy) is 1. The van der Waals surface area contributed by atoms with Gasteiger partial charge in [0.25, 0.3) is 5.91 Å². The summed E-state index contributed by atoms with van der Waals surface area (Å²) in [6.07, 6.45) is 1.76. The summed E-state index contributed by atoms with van der Waals surface area (Å²) in [6, 6.07) is 5.80. The molecule has 1 aliphatic rings. The van der Waals surface area contributed by atoms with E-state index in [0.29, 0.717) is 49.5 Å². The highest BCUT2D eigenvalue weighted by molar-refractivity contribution is 5.96. The molecule has 0 spiro atoms. The van der Waals surface area contributed by atoms with E-state index in [1.165, 1.54) is 0 Å². The molecule has 31 heavy (non-hydrogen) atoms. The van der Waals surface area contributed by atoms with Gasteiger partial charge in [0.05, 0.1) is 13.2 Å². The monoisotopic (exact) mass is 421 g/mol. The van der Waals surface area contributed by atoms with E-state index in [1.54, 1.807) is 6.20 Å². The fourth-order valence-electron chi connectivity index (χ4n) is 3.47. The summed E-state index contributed by atoms with van der Waals surface area (Å²) < 4.78 is 5.35. The number of hydrogen-bond acceptors (Lipinski definition) is 7. The number of nitrogens with one attached hydrogen (secondary N) is 3. The van der Waals surface area contributed by atoms with Crippen molar-refractivity contribution in [1.29, 1.82) is 0 Å². The van der Waals surface area contributed by atoms with Gasteiger partial charge in [-0.15, -0.1) is 0 Å². The Morgan fingerprint density at radius 2 is 1.81 bits per heavy atom. The first-order valence-corrected chi connectivity index (χ1v) is 10.3. The lowest BCUT2D eigenvalue weighted by Gasteiger charge is -2.27. The summed E-state index contributed by atoms with van der Waals surface area (Å²) in [5.41, 5.74) is 5.30. The molecule has 1 saturated heterocycles. The zero-order valence-corrected chi connectivity index (χ0v) is 18.2. The van der Waals surface area contributed by atoms with Crippen LogP contribution in [0.1, 0.15) is 32.7 Å². The van der Waals surface area contributed by atoms with Gasteiger partial charge < -0.3 is 20.3 Å². The lowest BCUT2D eigenvalue weighted by Crippen LogP contribution is -2.41. The van der Waals surface area contributed by atoms with Gasteiger partial charge in [-0.3, -0.25) is 9.89 Å². The fraction of sp³-hybridized carbons (Fsp3) is 0.364. The van der Waals surface area contributed by atoms with E-state index >= 15 is 0 Å². The van der Waals surface area contributed by atoms with E-state index in [0.717, 1.165) is 28.1 Å². The number of anilines is 4. The molecule has 1 aliphatic heterocycles. The maximum Gasteiger partial charge on any atom is 0.254 e. The third-order valence-corrected chi connectivity index (χ3v) is 5.27. The molecule has 1 aromatic carbocycles. The highest BCUT2D eigenvalue weighted by Gasteiger charge is 2.21. The van der Waals surface area contributed by atoms with E-state index in [-0.39, 0.29) is 5.91 Å². The van der Waals surface area contributed by atoms with E-state index in [2.05, 4.69) is 30.8 Å². The van der Waals surface area contributed by atoms with Gasteiger partial charge in [0.2, 0.25) is 5.95 Å². The van der Waals surface area contributed by atoms with Crippen LogP contribution in [0.15, 0.2) is 24.4 Å². The zero-order chi connectivity index (χ0) is 22.0. The molecule has 0 aliphatic carbocycles. The van der Waals surface area contributed by atoms with Crippen molar-refractivity contribution in [3.05, 3.63) is 52.3 Å². The molecule has 9 nitrogen and oxygen atoms in total. The summed E-state index contributed by atoms with van der Waals surface area (Å²) in [5, 5.41) is 13.6. The molecule has 3 heterocycles. The van der Waals surface area contributed by atoms with Crippen molar-refractivity contribution in [1.82, 2.24) is 25.1 Å². The number of carbonyl (C=O) groups is 1. The first-order chi connectivity index (χ1) is 14.9. The second-order valence-corrected chi connectivity index (χ2v) is 7.80.